The Morgan fingerprint density at radius 1 is 1.42 bits per heavy atom. The van der Waals surface area contributed by atoms with E-state index in [9.17, 15) is 0 Å². The summed E-state index contributed by atoms with van der Waals surface area (Å²) in [5, 5.41) is 3.47. The molecule has 0 bridgehead atoms. The van der Waals surface area contributed by atoms with Crippen LogP contribution in [0.1, 0.15) is 24.4 Å². The van der Waals surface area contributed by atoms with E-state index in [0.29, 0.717) is 6.04 Å². The van der Waals surface area contributed by atoms with Gasteiger partial charge in [0.1, 0.15) is 0 Å². The Bertz CT molecular complexity index is 266. The molecule has 1 aliphatic rings. The summed E-state index contributed by atoms with van der Waals surface area (Å²) < 4.78 is 0. The highest BCUT2D eigenvalue weighted by Crippen LogP contribution is 2.24. The Balaban J connectivity index is 2.21. The molecule has 0 radical (unpaired) electrons. The Labute approximate surface area is 78.6 Å². The van der Waals surface area contributed by atoms with E-state index in [1.807, 2.05) is 6.07 Å². The van der Waals surface area contributed by atoms with Gasteiger partial charge >= 0.3 is 0 Å². The van der Waals surface area contributed by atoms with Crippen molar-refractivity contribution in [1.82, 2.24) is 5.32 Å². The van der Waals surface area contributed by atoms with Crippen LogP contribution in [0.3, 0.4) is 0 Å². The predicted molar refractivity (Wildman–Crippen MR) is 53.7 cm³/mol. The zero-order valence-corrected chi connectivity index (χ0v) is 7.85. The average molecular weight is 179 g/mol. The van der Waals surface area contributed by atoms with Gasteiger partial charge in [-0.2, -0.15) is 0 Å². The van der Waals surface area contributed by atoms with Crippen molar-refractivity contribution in [2.75, 3.05) is 6.54 Å². The summed E-state index contributed by atoms with van der Waals surface area (Å²) >= 11 is 4.32. The fourth-order valence-corrected chi connectivity index (χ4v) is 1.95. The molecule has 0 aliphatic carbocycles. The first-order valence-electron chi connectivity index (χ1n) is 4.38. The molecule has 1 aliphatic heterocycles. The Morgan fingerprint density at radius 3 is 3.00 bits per heavy atom. The maximum Gasteiger partial charge on any atom is 0.0321 e. The summed E-state index contributed by atoms with van der Waals surface area (Å²) in [6, 6.07) is 8.96. The third-order valence-corrected chi connectivity index (χ3v) is 2.61. The molecule has 1 aromatic carbocycles. The van der Waals surface area contributed by atoms with Gasteiger partial charge < -0.3 is 5.32 Å². The van der Waals surface area contributed by atoms with Gasteiger partial charge in [0.05, 0.1) is 0 Å². The fourth-order valence-electron chi connectivity index (χ4n) is 1.71. The number of hydrogen-bond acceptors (Lipinski definition) is 2. The van der Waals surface area contributed by atoms with Crippen molar-refractivity contribution < 1.29 is 0 Å². The van der Waals surface area contributed by atoms with Gasteiger partial charge in [0, 0.05) is 10.9 Å². The van der Waals surface area contributed by atoms with Crippen LogP contribution >= 0.6 is 12.6 Å². The van der Waals surface area contributed by atoms with Crippen molar-refractivity contribution in [1.29, 1.82) is 0 Å². The van der Waals surface area contributed by atoms with Gasteiger partial charge in [0.15, 0.2) is 0 Å². The normalized spacial score (nSPS) is 22.9. The lowest BCUT2D eigenvalue weighted by Crippen LogP contribution is -2.12. The van der Waals surface area contributed by atoms with Crippen LogP contribution in [0.4, 0.5) is 0 Å². The highest BCUT2D eigenvalue weighted by Gasteiger charge is 2.15. The first-order valence-corrected chi connectivity index (χ1v) is 4.83. The topological polar surface area (TPSA) is 12.0 Å². The van der Waals surface area contributed by atoms with Crippen molar-refractivity contribution in [2.45, 2.75) is 23.8 Å². The Morgan fingerprint density at radius 2 is 2.33 bits per heavy atom. The number of nitrogens with one attached hydrogen (secondary N) is 1. The molecule has 2 rings (SSSR count). The quantitative estimate of drug-likeness (QED) is 0.631. The number of benzene rings is 1. The molecule has 2 heteroatoms. The predicted octanol–water partition coefficient (Wildman–Crippen LogP) is 2.40. The molecule has 0 unspecified atom stereocenters. The lowest BCUT2D eigenvalue weighted by atomic mass is 10.1. The minimum atomic E-state index is 0.567. The Kier molecular flexibility index (Phi) is 2.38. The minimum absolute atomic E-state index is 0.567. The SMILES string of the molecule is Sc1cccc([C@@H]2CCCN2)c1. The van der Waals surface area contributed by atoms with Crippen LogP contribution in [0.2, 0.25) is 0 Å². The van der Waals surface area contributed by atoms with Crippen molar-refractivity contribution in [3.8, 4) is 0 Å². The van der Waals surface area contributed by atoms with Gasteiger partial charge in [-0.25, -0.2) is 0 Å². The number of thiol groups is 1. The van der Waals surface area contributed by atoms with E-state index < -0.39 is 0 Å². The van der Waals surface area contributed by atoms with Gasteiger partial charge in [0.25, 0.3) is 0 Å². The third-order valence-electron chi connectivity index (χ3n) is 2.33. The highest BCUT2D eigenvalue weighted by atomic mass is 32.1. The molecule has 1 nitrogen and oxygen atoms in total. The van der Waals surface area contributed by atoms with E-state index in [2.05, 4.69) is 36.1 Å². The average Bonchev–Trinajstić information content (AvgIpc) is 2.56. The molecule has 1 aromatic rings. The summed E-state index contributed by atoms with van der Waals surface area (Å²) in [5.41, 5.74) is 1.38. The fraction of sp³-hybridized carbons (Fsp3) is 0.400. The smallest absolute Gasteiger partial charge is 0.0321 e. The van der Waals surface area contributed by atoms with Crippen LogP contribution in [0.5, 0.6) is 0 Å². The third kappa shape index (κ3) is 1.65. The van der Waals surface area contributed by atoms with E-state index in [1.165, 1.54) is 18.4 Å². The van der Waals surface area contributed by atoms with Crippen LogP contribution in [-0.2, 0) is 0 Å². The van der Waals surface area contributed by atoms with Crippen molar-refractivity contribution in [3.63, 3.8) is 0 Å². The molecule has 64 valence electrons. The van der Waals surface area contributed by atoms with Gasteiger partial charge in [-0.1, -0.05) is 12.1 Å². The summed E-state index contributed by atoms with van der Waals surface area (Å²) in [6.07, 6.45) is 2.55. The molecule has 1 N–H and O–H groups in total. The molecule has 0 saturated carbocycles. The second-order valence-electron chi connectivity index (χ2n) is 3.24. The zero-order chi connectivity index (χ0) is 8.39. The first-order chi connectivity index (χ1) is 5.86. The molecule has 1 heterocycles. The molecular weight excluding hydrogens is 166 g/mol. The van der Waals surface area contributed by atoms with E-state index in [-0.39, 0.29) is 0 Å². The number of hydrogen-bond donors (Lipinski definition) is 2. The largest absolute Gasteiger partial charge is 0.310 e. The lowest BCUT2D eigenvalue weighted by Gasteiger charge is -2.10. The zero-order valence-electron chi connectivity index (χ0n) is 6.96. The molecule has 1 atom stereocenters. The maximum atomic E-state index is 4.32. The summed E-state index contributed by atoms with van der Waals surface area (Å²) in [6.45, 7) is 1.15. The molecule has 0 aromatic heterocycles. The monoisotopic (exact) mass is 179 g/mol. The van der Waals surface area contributed by atoms with Crippen LogP contribution < -0.4 is 5.32 Å². The molecule has 1 saturated heterocycles. The van der Waals surface area contributed by atoms with Crippen molar-refractivity contribution >= 4 is 12.6 Å². The van der Waals surface area contributed by atoms with E-state index in [4.69, 9.17) is 0 Å². The second-order valence-corrected chi connectivity index (χ2v) is 3.76. The summed E-state index contributed by atoms with van der Waals surface area (Å²) in [4.78, 5) is 1.06. The van der Waals surface area contributed by atoms with Gasteiger partial charge in [0.2, 0.25) is 0 Å². The van der Waals surface area contributed by atoms with E-state index in [1.54, 1.807) is 0 Å². The van der Waals surface area contributed by atoms with E-state index >= 15 is 0 Å². The van der Waals surface area contributed by atoms with Crippen LogP contribution in [0.25, 0.3) is 0 Å². The molecule has 12 heavy (non-hydrogen) atoms. The first kappa shape index (κ1) is 8.14. The lowest BCUT2D eigenvalue weighted by molar-refractivity contribution is 0.646. The molecule has 0 spiro atoms. The summed E-state index contributed by atoms with van der Waals surface area (Å²) in [5.74, 6) is 0. The molecule has 0 amide bonds. The van der Waals surface area contributed by atoms with Gasteiger partial charge in [-0.3, -0.25) is 0 Å². The van der Waals surface area contributed by atoms with Crippen LogP contribution in [0, 0.1) is 0 Å². The van der Waals surface area contributed by atoms with Crippen molar-refractivity contribution in [2.24, 2.45) is 0 Å². The van der Waals surface area contributed by atoms with Crippen LogP contribution in [0.15, 0.2) is 29.2 Å². The second kappa shape index (κ2) is 3.50. The minimum Gasteiger partial charge on any atom is -0.310 e. The van der Waals surface area contributed by atoms with Crippen molar-refractivity contribution in [3.05, 3.63) is 29.8 Å². The van der Waals surface area contributed by atoms with E-state index in [0.717, 1.165) is 11.4 Å². The number of rotatable bonds is 1. The molecular formula is C10H13NS. The summed E-state index contributed by atoms with van der Waals surface area (Å²) in [7, 11) is 0. The highest BCUT2D eigenvalue weighted by molar-refractivity contribution is 7.80. The standard InChI is InChI=1S/C10H13NS/c12-9-4-1-3-8(7-9)10-5-2-6-11-10/h1,3-4,7,10-12H,2,5-6H2/t10-/m0/s1. The molecule has 1 fully saturated rings. The maximum absolute atomic E-state index is 4.32. The van der Waals surface area contributed by atoms with Crippen LogP contribution in [-0.4, -0.2) is 6.54 Å². The van der Waals surface area contributed by atoms with Gasteiger partial charge in [-0.15, -0.1) is 12.6 Å². The van der Waals surface area contributed by atoms with Gasteiger partial charge in [-0.05, 0) is 37.1 Å². The Hall–Kier alpha value is -0.470.